The largest absolute Gasteiger partial charge is 0.354 e. The van der Waals surface area contributed by atoms with Crippen LogP contribution >= 0.6 is 11.8 Å². The number of aromatic nitrogens is 1. The second-order valence-electron chi connectivity index (χ2n) is 4.08. The molecule has 0 aliphatic carbocycles. The fourth-order valence-corrected chi connectivity index (χ4v) is 2.24. The van der Waals surface area contributed by atoms with Gasteiger partial charge in [0.05, 0.1) is 11.4 Å². The predicted molar refractivity (Wildman–Crippen MR) is 76.5 cm³/mol. The summed E-state index contributed by atoms with van der Waals surface area (Å²) in [6, 6.07) is 6.14. The first-order valence-corrected chi connectivity index (χ1v) is 7.35. The van der Waals surface area contributed by atoms with E-state index < -0.39 is 0 Å². The fraction of sp³-hybridized carbons (Fsp3) is 0.538. The maximum atomic E-state index is 11.6. The van der Waals surface area contributed by atoms with Gasteiger partial charge in [-0.1, -0.05) is 13.0 Å². The topological polar surface area (TPSA) is 54.0 Å². The van der Waals surface area contributed by atoms with E-state index in [1.165, 1.54) is 0 Å². The standard InChI is InChI=1S/C13H21N3OS/c1-3-14-11(2)8-16-13(17)10-18-9-12-6-4-5-7-15-12/h4-7,11,14H,3,8-10H2,1-2H3,(H,16,17)/t11-/m1/s1. The first-order valence-electron chi connectivity index (χ1n) is 6.20. The number of amides is 1. The molecule has 1 amide bonds. The molecule has 1 atom stereocenters. The predicted octanol–water partition coefficient (Wildman–Crippen LogP) is 1.43. The molecule has 1 rings (SSSR count). The fourth-order valence-electron chi connectivity index (χ4n) is 1.47. The summed E-state index contributed by atoms with van der Waals surface area (Å²) in [6.45, 7) is 5.72. The lowest BCUT2D eigenvalue weighted by atomic mass is 10.3. The van der Waals surface area contributed by atoms with Gasteiger partial charge >= 0.3 is 0 Å². The van der Waals surface area contributed by atoms with E-state index in [2.05, 4.69) is 29.5 Å². The van der Waals surface area contributed by atoms with Gasteiger partial charge in [-0.25, -0.2) is 0 Å². The Morgan fingerprint density at radius 1 is 1.50 bits per heavy atom. The quantitative estimate of drug-likeness (QED) is 0.748. The summed E-state index contributed by atoms with van der Waals surface area (Å²) < 4.78 is 0. The van der Waals surface area contributed by atoms with Gasteiger partial charge in [0.25, 0.3) is 0 Å². The highest BCUT2D eigenvalue weighted by molar-refractivity contribution is 7.99. The molecule has 0 fully saturated rings. The highest BCUT2D eigenvalue weighted by Crippen LogP contribution is 2.08. The van der Waals surface area contributed by atoms with Crippen LogP contribution in [0.2, 0.25) is 0 Å². The summed E-state index contributed by atoms with van der Waals surface area (Å²) in [6.07, 6.45) is 1.77. The number of nitrogens with one attached hydrogen (secondary N) is 2. The lowest BCUT2D eigenvalue weighted by Gasteiger charge is -2.12. The van der Waals surface area contributed by atoms with Crippen molar-refractivity contribution in [1.29, 1.82) is 0 Å². The minimum atomic E-state index is 0.0840. The van der Waals surface area contributed by atoms with E-state index in [0.717, 1.165) is 18.0 Å². The van der Waals surface area contributed by atoms with Crippen LogP contribution in [0, 0.1) is 0 Å². The summed E-state index contributed by atoms with van der Waals surface area (Å²) in [7, 11) is 0. The van der Waals surface area contributed by atoms with Crippen LogP contribution in [0.15, 0.2) is 24.4 Å². The molecule has 0 unspecified atom stereocenters. The monoisotopic (exact) mass is 267 g/mol. The molecule has 0 radical (unpaired) electrons. The number of rotatable bonds is 8. The van der Waals surface area contributed by atoms with Gasteiger partial charge in [0.15, 0.2) is 0 Å². The molecule has 1 aromatic heterocycles. The van der Waals surface area contributed by atoms with E-state index in [0.29, 0.717) is 18.3 Å². The molecule has 0 aliphatic heterocycles. The molecule has 0 saturated heterocycles. The van der Waals surface area contributed by atoms with Gasteiger partial charge in [0, 0.05) is 24.5 Å². The minimum Gasteiger partial charge on any atom is -0.354 e. The van der Waals surface area contributed by atoms with Crippen molar-refractivity contribution in [3.8, 4) is 0 Å². The van der Waals surface area contributed by atoms with Gasteiger partial charge in [-0.05, 0) is 25.6 Å². The Kier molecular flexibility index (Phi) is 7.44. The average Bonchev–Trinajstić information content (AvgIpc) is 2.38. The SMILES string of the molecule is CCN[C@H](C)CNC(=O)CSCc1ccccn1. The number of likely N-dealkylation sites (N-methyl/N-ethyl adjacent to an activating group) is 1. The van der Waals surface area contributed by atoms with Crippen molar-refractivity contribution in [2.24, 2.45) is 0 Å². The summed E-state index contributed by atoms with van der Waals surface area (Å²) in [4.78, 5) is 15.8. The highest BCUT2D eigenvalue weighted by atomic mass is 32.2. The van der Waals surface area contributed by atoms with Gasteiger partial charge in [-0.15, -0.1) is 11.8 Å². The summed E-state index contributed by atoms with van der Waals surface area (Å²) >= 11 is 1.58. The van der Waals surface area contributed by atoms with Crippen LogP contribution < -0.4 is 10.6 Å². The van der Waals surface area contributed by atoms with Crippen LogP contribution in [0.1, 0.15) is 19.5 Å². The first-order chi connectivity index (χ1) is 8.72. The van der Waals surface area contributed by atoms with E-state index in [-0.39, 0.29) is 5.91 Å². The van der Waals surface area contributed by atoms with Crippen molar-refractivity contribution in [2.45, 2.75) is 25.6 Å². The molecular formula is C13H21N3OS. The number of hydrogen-bond donors (Lipinski definition) is 2. The lowest BCUT2D eigenvalue weighted by Crippen LogP contribution is -2.39. The van der Waals surface area contributed by atoms with Crippen LogP contribution in [-0.4, -0.2) is 35.8 Å². The van der Waals surface area contributed by atoms with Crippen LogP contribution in [-0.2, 0) is 10.5 Å². The van der Waals surface area contributed by atoms with Gasteiger partial charge in [-0.2, -0.15) is 0 Å². The molecule has 0 bridgehead atoms. The number of nitrogens with zero attached hydrogens (tertiary/aromatic N) is 1. The summed E-state index contributed by atoms with van der Waals surface area (Å²) in [5.74, 6) is 1.34. The zero-order chi connectivity index (χ0) is 13.2. The van der Waals surface area contributed by atoms with E-state index in [1.807, 2.05) is 18.2 Å². The Morgan fingerprint density at radius 3 is 3.00 bits per heavy atom. The van der Waals surface area contributed by atoms with E-state index in [9.17, 15) is 4.79 Å². The number of carbonyl (C=O) groups is 1. The van der Waals surface area contributed by atoms with Crippen molar-refractivity contribution >= 4 is 17.7 Å². The maximum Gasteiger partial charge on any atom is 0.230 e. The summed E-state index contributed by atoms with van der Waals surface area (Å²) in [5, 5.41) is 6.16. The zero-order valence-corrected chi connectivity index (χ0v) is 11.8. The molecule has 0 aromatic carbocycles. The molecule has 1 aromatic rings. The Balaban J connectivity index is 2.10. The Bertz CT molecular complexity index is 345. The molecule has 2 N–H and O–H groups in total. The van der Waals surface area contributed by atoms with Crippen molar-refractivity contribution < 1.29 is 4.79 Å². The third-order valence-corrected chi connectivity index (χ3v) is 3.33. The summed E-state index contributed by atoms with van der Waals surface area (Å²) in [5.41, 5.74) is 1.01. The smallest absolute Gasteiger partial charge is 0.230 e. The van der Waals surface area contributed by atoms with Crippen LogP contribution in [0.3, 0.4) is 0 Å². The molecule has 18 heavy (non-hydrogen) atoms. The molecule has 0 aliphatic rings. The van der Waals surface area contributed by atoms with Gasteiger partial charge in [0.1, 0.15) is 0 Å². The van der Waals surface area contributed by atoms with Crippen molar-refractivity contribution in [3.05, 3.63) is 30.1 Å². The average molecular weight is 267 g/mol. The van der Waals surface area contributed by atoms with E-state index >= 15 is 0 Å². The molecular weight excluding hydrogens is 246 g/mol. The van der Waals surface area contributed by atoms with E-state index in [4.69, 9.17) is 0 Å². The Morgan fingerprint density at radius 2 is 2.33 bits per heavy atom. The third kappa shape index (κ3) is 6.61. The van der Waals surface area contributed by atoms with Crippen LogP contribution in [0.5, 0.6) is 0 Å². The lowest BCUT2D eigenvalue weighted by molar-refractivity contribution is -0.118. The number of pyridine rings is 1. The van der Waals surface area contributed by atoms with Gasteiger partial charge in [-0.3, -0.25) is 9.78 Å². The normalized spacial score (nSPS) is 12.1. The highest BCUT2D eigenvalue weighted by Gasteiger charge is 2.04. The molecule has 0 spiro atoms. The molecule has 4 nitrogen and oxygen atoms in total. The zero-order valence-electron chi connectivity index (χ0n) is 11.0. The molecule has 100 valence electrons. The third-order valence-electron chi connectivity index (χ3n) is 2.37. The second kappa shape index (κ2) is 8.94. The number of thioether (sulfide) groups is 1. The number of carbonyl (C=O) groups excluding carboxylic acids is 1. The van der Waals surface area contributed by atoms with Crippen molar-refractivity contribution in [2.75, 3.05) is 18.8 Å². The number of hydrogen-bond acceptors (Lipinski definition) is 4. The van der Waals surface area contributed by atoms with Crippen LogP contribution in [0.4, 0.5) is 0 Å². The molecule has 0 saturated carbocycles. The van der Waals surface area contributed by atoms with Crippen molar-refractivity contribution in [1.82, 2.24) is 15.6 Å². The second-order valence-corrected chi connectivity index (χ2v) is 5.06. The first kappa shape index (κ1) is 15.0. The minimum absolute atomic E-state index is 0.0840. The van der Waals surface area contributed by atoms with Gasteiger partial charge < -0.3 is 10.6 Å². The Labute approximate surface area is 113 Å². The van der Waals surface area contributed by atoms with Crippen molar-refractivity contribution in [3.63, 3.8) is 0 Å². The van der Waals surface area contributed by atoms with E-state index in [1.54, 1.807) is 18.0 Å². The molecule has 1 heterocycles. The Hall–Kier alpha value is -1.07. The van der Waals surface area contributed by atoms with Crippen LogP contribution in [0.25, 0.3) is 0 Å². The molecule has 5 heteroatoms. The van der Waals surface area contributed by atoms with Gasteiger partial charge in [0.2, 0.25) is 5.91 Å². The maximum absolute atomic E-state index is 11.6.